The zero-order valence-corrected chi connectivity index (χ0v) is 8.03. The lowest BCUT2D eigenvalue weighted by molar-refractivity contribution is -0.111. The number of aromatic nitrogens is 2. The van der Waals surface area contributed by atoms with E-state index in [4.69, 9.17) is 0 Å². The van der Waals surface area contributed by atoms with Gasteiger partial charge >= 0.3 is 0 Å². The molecule has 2 rings (SSSR count). The third-order valence-corrected chi connectivity index (χ3v) is 2.48. The lowest BCUT2D eigenvalue weighted by Crippen LogP contribution is -2.19. The average molecular weight is 178 g/mol. The summed E-state index contributed by atoms with van der Waals surface area (Å²) in [6, 6.07) is 2.53. The molecule has 70 valence electrons. The SMILES string of the molecule is CC(C)(C=O)c1ccn(C2CC2)n1. The second-order valence-corrected chi connectivity index (χ2v) is 4.25. The lowest BCUT2D eigenvalue weighted by atomic mass is 9.92. The zero-order chi connectivity index (χ0) is 9.47. The van der Waals surface area contributed by atoms with Gasteiger partial charge in [-0.15, -0.1) is 0 Å². The summed E-state index contributed by atoms with van der Waals surface area (Å²) in [5, 5.41) is 4.40. The molecule has 0 saturated heterocycles. The molecule has 13 heavy (non-hydrogen) atoms. The molecule has 1 aliphatic carbocycles. The standard InChI is InChI=1S/C10H14N2O/c1-10(2,7-13)9-5-6-12(11-9)8-3-4-8/h5-8H,3-4H2,1-2H3. The van der Waals surface area contributed by atoms with Gasteiger partial charge in [0.15, 0.2) is 0 Å². The molecule has 1 aliphatic rings. The van der Waals surface area contributed by atoms with Crippen LogP contribution in [0, 0.1) is 0 Å². The number of hydrogen-bond acceptors (Lipinski definition) is 2. The van der Waals surface area contributed by atoms with Gasteiger partial charge in [0.25, 0.3) is 0 Å². The normalized spacial score (nSPS) is 17.4. The summed E-state index contributed by atoms with van der Waals surface area (Å²) in [5.41, 5.74) is 0.426. The second-order valence-electron chi connectivity index (χ2n) is 4.25. The maximum Gasteiger partial charge on any atom is 0.131 e. The fourth-order valence-electron chi connectivity index (χ4n) is 1.28. The van der Waals surface area contributed by atoms with E-state index in [0.717, 1.165) is 12.0 Å². The number of aldehydes is 1. The van der Waals surface area contributed by atoms with Gasteiger partial charge in [0.1, 0.15) is 6.29 Å². The van der Waals surface area contributed by atoms with Gasteiger partial charge in [-0.05, 0) is 32.8 Å². The smallest absolute Gasteiger partial charge is 0.131 e. The van der Waals surface area contributed by atoms with Crippen LogP contribution in [0.4, 0.5) is 0 Å². The molecule has 3 nitrogen and oxygen atoms in total. The maximum absolute atomic E-state index is 10.8. The van der Waals surface area contributed by atoms with Crippen molar-refractivity contribution in [3.05, 3.63) is 18.0 Å². The lowest BCUT2D eigenvalue weighted by Gasteiger charge is -2.12. The fourth-order valence-corrected chi connectivity index (χ4v) is 1.28. The average Bonchev–Trinajstić information content (AvgIpc) is 2.83. The van der Waals surface area contributed by atoms with Crippen LogP contribution < -0.4 is 0 Å². The van der Waals surface area contributed by atoms with E-state index in [9.17, 15) is 4.79 Å². The Labute approximate surface area is 77.7 Å². The summed E-state index contributed by atoms with van der Waals surface area (Å²) in [5.74, 6) is 0. The Hall–Kier alpha value is -1.12. The van der Waals surface area contributed by atoms with Gasteiger partial charge in [-0.25, -0.2) is 0 Å². The van der Waals surface area contributed by atoms with Crippen LogP contribution in [0.1, 0.15) is 38.4 Å². The predicted molar refractivity (Wildman–Crippen MR) is 49.6 cm³/mol. The van der Waals surface area contributed by atoms with Crippen LogP contribution in [0.15, 0.2) is 12.3 Å². The third-order valence-electron chi connectivity index (χ3n) is 2.48. The highest BCUT2D eigenvalue weighted by Gasteiger charge is 2.27. The Morgan fingerprint density at radius 3 is 2.85 bits per heavy atom. The first-order valence-electron chi connectivity index (χ1n) is 4.65. The van der Waals surface area contributed by atoms with Gasteiger partial charge in [-0.1, -0.05) is 0 Å². The van der Waals surface area contributed by atoms with Crippen LogP contribution in [-0.2, 0) is 10.2 Å². The van der Waals surface area contributed by atoms with Gasteiger partial charge in [-0.2, -0.15) is 5.10 Å². The van der Waals surface area contributed by atoms with Crippen LogP contribution in [-0.4, -0.2) is 16.1 Å². The highest BCUT2D eigenvalue weighted by atomic mass is 16.1. The third kappa shape index (κ3) is 1.50. The molecule has 0 N–H and O–H groups in total. The monoisotopic (exact) mass is 178 g/mol. The molecule has 0 aromatic carbocycles. The van der Waals surface area contributed by atoms with Crippen molar-refractivity contribution in [3.63, 3.8) is 0 Å². The molecule has 0 bridgehead atoms. The van der Waals surface area contributed by atoms with Crippen LogP contribution in [0.2, 0.25) is 0 Å². The van der Waals surface area contributed by atoms with E-state index < -0.39 is 5.41 Å². The topological polar surface area (TPSA) is 34.9 Å². The summed E-state index contributed by atoms with van der Waals surface area (Å²) in [6.07, 6.45) is 5.37. The molecule has 1 aromatic rings. The Balaban J connectivity index is 2.25. The molecule has 1 aromatic heterocycles. The number of nitrogens with zero attached hydrogens (tertiary/aromatic N) is 2. The minimum Gasteiger partial charge on any atom is -0.302 e. The first-order chi connectivity index (χ1) is 6.13. The summed E-state index contributed by atoms with van der Waals surface area (Å²) < 4.78 is 1.97. The molecule has 3 heteroatoms. The largest absolute Gasteiger partial charge is 0.302 e. The first-order valence-corrected chi connectivity index (χ1v) is 4.65. The molecular weight excluding hydrogens is 164 g/mol. The van der Waals surface area contributed by atoms with Crippen molar-refractivity contribution in [2.24, 2.45) is 0 Å². The van der Waals surface area contributed by atoms with Crippen molar-refractivity contribution in [2.75, 3.05) is 0 Å². The van der Waals surface area contributed by atoms with Gasteiger partial charge in [0, 0.05) is 6.20 Å². The quantitative estimate of drug-likeness (QED) is 0.660. The van der Waals surface area contributed by atoms with Crippen LogP contribution >= 0.6 is 0 Å². The van der Waals surface area contributed by atoms with Crippen molar-refractivity contribution >= 4 is 6.29 Å². The molecule has 0 atom stereocenters. The minimum absolute atomic E-state index is 0.444. The van der Waals surface area contributed by atoms with Crippen molar-refractivity contribution in [1.29, 1.82) is 0 Å². The number of hydrogen-bond donors (Lipinski definition) is 0. The van der Waals surface area contributed by atoms with Crippen LogP contribution in [0.5, 0.6) is 0 Å². The number of carbonyl (C=O) groups excluding carboxylic acids is 1. The summed E-state index contributed by atoms with van der Waals surface area (Å²) >= 11 is 0. The molecule has 0 unspecified atom stereocenters. The number of carbonyl (C=O) groups is 1. The molecule has 1 fully saturated rings. The zero-order valence-electron chi connectivity index (χ0n) is 8.03. The molecule has 0 spiro atoms. The Kier molecular flexibility index (Phi) is 1.75. The van der Waals surface area contributed by atoms with E-state index >= 15 is 0 Å². The molecule has 1 saturated carbocycles. The molecule has 1 heterocycles. The van der Waals surface area contributed by atoms with Gasteiger partial charge in [0.05, 0.1) is 17.2 Å². The van der Waals surface area contributed by atoms with E-state index in [1.54, 1.807) is 0 Å². The summed E-state index contributed by atoms with van der Waals surface area (Å²) in [6.45, 7) is 3.78. The minimum atomic E-state index is -0.444. The van der Waals surface area contributed by atoms with E-state index in [2.05, 4.69) is 5.10 Å². The molecule has 0 amide bonds. The van der Waals surface area contributed by atoms with E-state index in [0.29, 0.717) is 6.04 Å². The highest BCUT2D eigenvalue weighted by molar-refractivity contribution is 5.65. The van der Waals surface area contributed by atoms with Crippen molar-refractivity contribution in [1.82, 2.24) is 9.78 Å². The van der Waals surface area contributed by atoms with Crippen molar-refractivity contribution in [3.8, 4) is 0 Å². The fraction of sp³-hybridized carbons (Fsp3) is 0.600. The summed E-state index contributed by atoms with van der Waals surface area (Å²) in [4.78, 5) is 10.8. The first kappa shape index (κ1) is 8.48. The molecular formula is C10H14N2O. The Bertz CT molecular complexity index is 323. The van der Waals surface area contributed by atoms with Gasteiger partial charge in [-0.3, -0.25) is 4.68 Å². The van der Waals surface area contributed by atoms with Crippen LogP contribution in [0.3, 0.4) is 0 Å². The Morgan fingerprint density at radius 2 is 2.31 bits per heavy atom. The van der Waals surface area contributed by atoms with E-state index in [-0.39, 0.29) is 0 Å². The van der Waals surface area contributed by atoms with Crippen LogP contribution in [0.25, 0.3) is 0 Å². The van der Waals surface area contributed by atoms with Gasteiger partial charge < -0.3 is 4.79 Å². The van der Waals surface area contributed by atoms with E-state index in [1.807, 2.05) is 30.8 Å². The number of rotatable bonds is 3. The van der Waals surface area contributed by atoms with Crippen molar-refractivity contribution < 1.29 is 4.79 Å². The van der Waals surface area contributed by atoms with Gasteiger partial charge in [0.2, 0.25) is 0 Å². The molecule has 0 aliphatic heterocycles. The Morgan fingerprint density at radius 1 is 1.62 bits per heavy atom. The van der Waals surface area contributed by atoms with E-state index in [1.165, 1.54) is 12.8 Å². The predicted octanol–water partition coefficient (Wildman–Crippen LogP) is 1.69. The second kappa shape index (κ2) is 2.69. The maximum atomic E-state index is 10.8. The highest BCUT2D eigenvalue weighted by Crippen LogP contribution is 2.34. The van der Waals surface area contributed by atoms with Crippen molar-refractivity contribution in [2.45, 2.75) is 38.1 Å². The summed E-state index contributed by atoms with van der Waals surface area (Å²) in [7, 11) is 0. The molecule has 0 radical (unpaired) electrons.